The molecule has 2 rings (SSSR count). The van der Waals surface area contributed by atoms with Crippen molar-refractivity contribution in [1.82, 2.24) is 15.2 Å². The minimum Gasteiger partial charge on any atom is -0.358 e. The van der Waals surface area contributed by atoms with Crippen LogP contribution in [0.2, 0.25) is 0 Å². The Morgan fingerprint density at radius 3 is 2.79 bits per heavy atom. The van der Waals surface area contributed by atoms with Crippen molar-refractivity contribution in [1.29, 1.82) is 0 Å². The van der Waals surface area contributed by atoms with Crippen molar-refractivity contribution >= 4 is 16.8 Å². The Morgan fingerprint density at radius 1 is 1.32 bits per heavy atom. The van der Waals surface area contributed by atoms with Crippen LogP contribution in [0.3, 0.4) is 0 Å². The molecule has 0 atom stereocenters. The van der Waals surface area contributed by atoms with Crippen molar-refractivity contribution in [3.8, 4) is 0 Å². The molecular weight excluding hydrogens is 238 g/mol. The first-order valence-electron chi connectivity index (χ1n) is 6.60. The van der Waals surface area contributed by atoms with Crippen molar-refractivity contribution in [3.05, 3.63) is 35.5 Å². The lowest BCUT2D eigenvalue weighted by Gasteiger charge is -2.10. The number of para-hydroxylation sites is 1. The zero-order valence-corrected chi connectivity index (χ0v) is 11.8. The van der Waals surface area contributed by atoms with E-state index in [1.807, 2.05) is 45.3 Å². The van der Waals surface area contributed by atoms with Gasteiger partial charge < -0.3 is 15.2 Å². The number of carbonyl (C=O) groups excluding carboxylic acids is 1. The van der Waals surface area contributed by atoms with Gasteiger partial charge in [0.05, 0.1) is 5.56 Å². The number of nitrogens with one attached hydrogen (secondary N) is 2. The molecule has 4 nitrogen and oxygen atoms in total. The number of aromatic amines is 1. The molecule has 0 aliphatic carbocycles. The second kappa shape index (κ2) is 5.89. The molecule has 1 aromatic heterocycles. The molecule has 4 heteroatoms. The summed E-state index contributed by atoms with van der Waals surface area (Å²) >= 11 is 0. The van der Waals surface area contributed by atoms with Crippen LogP contribution in [0.25, 0.3) is 10.9 Å². The predicted octanol–water partition coefficient (Wildman–Crippen LogP) is 2.16. The molecule has 0 aliphatic rings. The minimum absolute atomic E-state index is 0.00806. The average Bonchev–Trinajstić information content (AvgIpc) is 2.70. The van der Waals surface area contributed by atoms with Crippen LogP contribution >= 0.6 is 0 Å². The Balaban J connectivity index is 2.07. The summed E-state index contributed by atoms with van der Waals surface area (Å²) in [6.45, 7) is 3.62. The standard InChI is InChI=1S/C15H21N3O/c1-11-14(12-7-4-5-8-13(12)17-11)15(19)16-9-6-10-18(2)3/h4-5,7-8,17H,6,9-10H2,1-3H3,(H,16,19). The summed E-state index contributed by atoms with van der Waals surface area (Å²) in [5, 5.41) is 3.98. The molecule has 102 valence electrons. The Labute approximate surface area is 113 Å². The summed E-state index contributed by atoms with van der Waals surface area (Å²) in [6, 6.07) is 7.90. The third kappa shape index (κ3) is 3.15. The maximum Gasteiger partial charge on any atom is 0.253 e. The lowest BCUT2D eigenvalue weighted by Crippen LogP contribution is -2.27. The summed E-state index contributed by atoms with van der Waals surface area (Å²) in [5.74, 6) is 0.00806. The zero-order chi connectivity index (χ0) is 13.8. The molecule has 0 fully saturated rings. The molecule has 2 N–H and O–H groups in total. The van der Waals surface area contributed by atoms with Gasteiger partial charge in [-0.1, -0.05) is 18.2 Å². The van der Waals surface area contributed by atoms with Gasteiger partial charge in [0.1, 0.15) is 0 Å². The van der Waals surface area contributed by atoms with Gasteiger partial charge >= 0.3 is 0 Å². The van der Waals surface area contributed by atoms with Gasteiger partial charge in [0.25, 0.3) is 5.91 Å². The van der Waals surface area contributed by atoms with E-state index in [9.17, 15) is 4.79 Å². The molecule has 0 saturated heterocycles. The van der Waals surface area contributed by atoms with Gasteiger partial charge in [-0.3, -0.25) is 4.79 Å². The summed E-state index contributed by atoms with van der Waals surface area (Å²) in [6.07, 6.45) is 0.958. The molecule has 0 radical (unpaired) electrons. The topological polar surface area (TPSA) is 48.1 Å². The van der Waals surface area contributed by atoms with Gasteiger partial charge in [-0.2, -0.15) is 0 Å². The molecule has 1 aromatic carbocycles. The van der Waals surface area contributed by atoms with Crippen molar-refractivity contribution < 1.29 is 4.79 Å². The molecule has 0 bridgehead atoms. The fourth-order valence-electron chi connectivity index (χ4n) is 2.25. The number of rotatable bonds is 5. The highest BCUT2D eigenvalue weighted by atomic mass is 16.1. The lowest BCUT2D eigenvalue weighted by atomic mass is 10.1. The van der Waals surface area contributed by atoms with Crippen LogP contribution in [0, 0.1) is 6.92 Å². The molecule has 19 heavy (non-hydrogen) atoms. The number of hydrogen-bond donors (Lipinski definition) is 2. The van der Waals surface area contributed by atoms with Crippen LogP contribution in [-0.4, -0.2) is 43.0 Å². The van der Waals surface area contributed by atoms with E-state index in [0.29, 0.717) is 6.54 Å². The van der Waals surface area contributed by atoms with Crippen molar-refractivity contribution in [2.45, 2.75) is 13.3 Å². The van der Waals surface area contributed by atoms with Gasteiger partial charge in [-0.05, 0) is 40.1 Å². The Kier molecular flexibility index (Phi) is 4.22. The number of H-pyrrole nitrogens is 1. The van der Waals surface area contributed by atoms with Crippen LogP contribution in [0.4, 0.5) is 0 Å². The Morgan fingerprint density at radius 2 is 2.05 bits per heavy atom. The first-order valence-corrected chi connectivity index (χ1v) is 6.60. The van der Waals surface area contributed by atoms with Crippen LogP contribution < -0.4 is 5.32 Å². The number of aromatic nitrogens is 1. The number of benzene rings is 1. The van der Waals surface area contributed by atoms with Gasteiger partial charge in [0.15, 0.2) is 0 Å². The Hall–Kier alpha value is -1.81. The molecule has 0 aliphatic heterocycles. The second-order valence-electron chi connectivity index (χ2n) is 5.08. The number of fused-ring (bicyclic) bond motifs is 1. The third-order valence-corrected chi connectivity index (χ3v) is 3.19. The van der Waals surface area contributed by atoms with Gasteiger partial charge in [-0.15, -0.1) is 0 Å². The normalized spacial score (nSPS) is 11.2. The third-order valence-electron chi connectivity index (χ3n) is 3.19. The van der Waals surface area contributed by atoms with Crippen LogP contribution in [0.15, 0.2) is 24.3 Å². The highest BCUT2D eigenvalue weighted by Gasteiger charge is 2.14. The summed E-state index contributed by atoms with van der Waals surface area (Å²) < 4.78 is 0. The highest BCUT2D eigenvalue weighted by Crippen LogP contribution is 2.21. The maximum atomic E-state index is 12.2. The average molecular weight is 259 g/mol. The maximum absolute atomic E-state index is 12.2. The molecule has 0 spiro atoms. The molecule has 1 amide bonds. The predicted molar refractivity (Wildman–Crippen MR) is 78.5 cm³/mol. The van der Waals surface area contributed by atoms with Crippen LogP contribution in [-0.2, 0) is 0 Å². The Bertz CT molecular complexity index is 572. The molecule has 2 aromatic rings. The van der Waals surface area contributed by atoms with Crippen molar-refractivity contribution in [3.63, 3.8) is 0 Å². The van der Waals surface area contributed by atoms with Crippen LogP contribution in [0.5, 0.6) is 0 Å². The first kappa shape index (κ1) is 13.6. The molecule has 1 heterocycles. The number of aryl methyl sites for hydroxylation is 1. The van der Waals surface area contributed by atoms with E-state index >= 15 is 0 Å². The van der Waals surface area contributed by atoms with Crippen LogP contribution in [0.1, 0.15) is 22.5 Å². The number of hydrogen-bond acceptors (Lipinski definition) is 2. The fraction of sp³-hybridized carbons (Fsp3) is 0.400. The molecular formula is C15H21N3O. The zero-order valence-electron chi connectivity index (χ0n) is 11.8. The first-order chi connectivity index (χ1) is 9.09. The summed E-state index contributed by atoms with van der Waals surface area (Å²) in [4.78, 5) is 17.6. The van der Waals surface area contributed by atoms with Crippen molar-refractivity contribution in [2.75, 3.05) is 27.2 Å². The SMILES string of the molecule is Cc1[nH]c2ccccc2c1C(=O)NCCCN(C)C. The quantitative estimate of drug-likeness (QED) is 0.808. The van der Waals surface area contributed by atoms with E-state index in [1.165, 1.54) is 0 Å². The molecule has 0 saturated carbocycles. The van der Waals surface area contributed by atoms with E-state index in [-0.39, 0.29) is 5.91 Å². The second-order valence-corrected chi connectivity index (χ2v) is 5.08. The lowest BCUT2D eigenvalue weighted by molar-refractivity contribution is 0.0953. The van der Waals surface area contributed by atoms with Crippen molar-refractivity contribution in [2.24, 2.45) is 0 Å². The van der Waals surface area contributed by atoms with E-state index in [0.717, 1.165) is 35.1 Å². The largest absolute Gasteiger partial charge is 0.358 e. The summed E-state index contributed by atoms with van der Waals surface area (Å²) in [5.41, 5.74) is 2.70. The molecule has 0 unspecified atom stereocenters. The monoisotopic (exact) mass is 259 g/mol. The number of nitrogens with zero attached hydrogens (tertiary/aromatic N) is 1. The highest BCUT2D eigenvalue weighted by molar-refractivity contribution is 6.08. The number of amides is 1. The van der Waals surface area contributed by atoms with E-state index < -0.39 is 0 Å². The summed E-state index contributed by atoms with van der Waals surface area (Å²) in [7, 11) is 4.07. The van der Waals surface area contributed by atoms with E-state index in [4.69, 9.17) is 0 Å². The fourth-order valence-corrected chi connectivity index (χ4v) is 2.25. The van der Waals surface area contributed by atoms with Gasteiger partial charge in [0.2, 0.25) is 0 Å². The van der Waals surface area contributed by atoms with E-state index in [2.05, 4.69) is 15.2 Å². The van der Waals surface area contributed by atoms with E-state index in [1.54, 1.807) is 0 Å². The minimum atomic E-state index is 0.00806. The van der Waals surface area contributed by atoms with Gasteiger partial charge in [0, 0.05) is 23.1 Å². The number of carbonyl (C=O) groups is 1. The smallest absolute Gasteiger partial charge is 0.253 e. The van der Waals surface area contributed by atoms with Gasteiger partial charge in [-0.25, -0.2) is 0 Å².